The number of para-hydroxylation sites is 1. The summed E-state index contributed by atoms with van der Waals surface area (Å²) < 4.78 is 16.7. The van der Waals surface area contributed by atoms with Crippen LogP contribution in [0.3, 0.4) is 0 Å². The van der Waals surface area contributed by atoms with Crippen molar-refractivity contribution in [1.82, 2.24) is 0 Å². The molecule has 1 heterocycles. The minimum Gasteiger partial charge on any atom is -0.494 e. The van der Waals surface area contributed by atoms with Crippen molar-refractivity contribution in [3.05, 3.63) is 47.7 Å². The molecule has 0 unspecified atom stereocenters. The van der Waals surface area contributed by atoms with Gasteiger partial charge in [-0.25, -0.2) is 0 Å². The maximum absolute atomic E-state index is 10.9. The first-order valence-electron chi connectivity index (χ1n) is 10.2. The minimum atomic E-state index is 0.390. The van der Waals surface area contributed by atoms with Gasteiger partial charge in [0, 0.05) is 11.6 Å². The number of hydrogen-bond acceptors (Lipinski definition) is 4. The Labute approximate surface area is 162 Å². The van der Waals surface area contributed by atoms with E-state index in [4.69, 9.17) is 13.9 Å². The molecule has 1 aromatic heterocycles. The molecule has 27 heavy (non-hydrogen) atoms. The average Bonchev–Trinajstić information content (AvgIpc) is 3.12. The molecule has 0 atom stereocenters. The number of aldehydes is 1. The molecular weight excluding hydrogens is 340 g/mol. The van der Waals surface area contributed by atoms with E-state index in [1.807, 2.05) is 43.3 Å². The highest BCUT2D eigenvalue weighted by Crippen LogP contribution is 2.21. The lowest BCUT2D eigenvalue weighted by molar-refractivity contribution is 0.109. The molecule has 0 saturated carbocycles. The summed E-state index contributed by atoms with van der Waals surface area (Å²) in [6.07, 6.45) is 11.1. The number of hydrogen-bond donors (Lipinski definition) is 0. The number of carbonyl (C=O) groups excluding carboxylic acids is 1. The van der Waals surface area contributed by atoms with Crippen LogP contribution in [0, 0.1) is 0 Å². The molecule has 0 radical (unpaired) electrons. The Bertz CT molecular complexity index is 633. The van der Waals surface area contributed by atoms with Crippen molar-refractivity contribution in [2.75, 3.05) is 13.2 Å². The van der Waals surface area contributed by atoms with Gasteiger partial charge in [0.05, 0.1) is 13.2 Å². The lowest BCUT2D eigenvalue weighted by Gasteiger charge is -2.06. The lowest BCUT2D eigenvalue weighted by Crippen LogP contribution is -1.97. The highest BCUT2D eigenvalue weighted by Gasteiger charge is 2.09. The molecule has 2 rings (SSSR count). The van der Waals surface area contributed by atoms with Gasteiger partial charge in [0.25, 0.3) is 5.95 Å². The molecule has 4 heteroatoms. The summed E-state index contributed by atoms with van der Waals surface area (Å²) in [6.45, 7) is 3.45. The maximum Gasteiger partial charge on any atom is 0.285 e. The maximum atomic E-state index is 10.9. The molecule has 148 valence electrons. The van der Waals surface area contributed by atoms with E-state index in [1.54, 1.807) is 0 Å². The van der Waals surface area contributed by atoms with E-state index >= 15 is 0 Å². The predicted molar refractivity (Wildman–Crippen MR) is 108 cm³/mol. The normalized spacial score (nSPS) is 10.7. The summed E-state index contributed by atoms with van der Waals surface area (Å²) in [5.74, 6) is 1.82. The van der Waals surface area contributed by atoms with Gasteiger partial charge in [-0.15, -0.1) is 0 Å². The van der Waals surface area contributed by atoms with Crippen LogP contribution in [0.15, 0.2) is 40.8 Å². The van der Waals surface area contributed by atoms with Crippen LogP contribution in [0.1, 0.15) is 74.4 Å². The molecule has 0 aliphatic carbocycles. The molecule has 2 aromatic rings. The third-order valence-corrected chi connectivity index (χ3v) is 4.60. The van der Waals surface area contributed by atoms with Gasteiger partial charge in [0.1, 0.15) is 5.75 Å². The largest absolute Gasteiger partial charge is 0.494 e. The first kappa shape index (κ1) is 21.1. The van der Waals surface area contributed by atoms with Gasteiger partial charge in [-0.2, -0.15) is 0 Å². The quantitative estimate of drug-likeness (QED) is 0.274. The number of rotatable bonds is 15. The second-order valence-electron chi connectivity index (χ2n) is 6.76. The van der Waals surface area contributed by atoms with E-state index in [2.05, 4.69) is 0 Å². The first-order chi connectivity index (χ1) is 13.3. The van der Waals surface area contributed by atoms with E-state index < -0.39 is 0 Å². The summed E-state index contributed by atoms with van der Waals surface area (Å²) >= 11 is 0. The van der Waals surface area contributed by atoms with Crippen molar-refractivity contribution in [2.45, 2.75) is 64.7 Å². The average molecular weight is 373 g/mol. The molecule has 0 N–H and O–H groups in total. The number of unbranched alkanes of at least 4 members (excludes halogenated alkanes) is 7. The second kappa shape index (κ2) is 13.0. The number of furan rings is 1. The fourth-order valence-corrected chi connectivity index (χ4v) is 3.01. The van der Waals surface area contributed by atoms with Crippen LogP contribution in [0.25, 0.3) is 0 Å². The van der Waals surface area contributed by atoms with Gasteiger partial charge < -0.3 is 13.9 Å². The van der Waals surface area contributed by atoms with Crippen LogP contribution in [-0.4, -0.2) is 19.5 Å². The Balaban J connectivity index is 1.38. The zero-order valence-electron chi connectivity index (χ0n) is 16.5. The second-order valence-corrected chi connectivity index (χ2v) is 6.76. The van der Waals surface area contributed by atoms with E-state index in [1.165, 1.54) is 38.5 Å². The third kappa shape index (κ3) is 8.33. The zero-order valence-corrected chi connectivity index (χ0v) is 16.5. The molecule has 4 nitrogen and oxygen atoms in total. The highest BCUT2D eigenvalue weighted by atomic mass is 16.6. The Hall–Kier alpha value is -2.23. The summed E-state index contributed by atoms with van der Waals surface area (Å²) in [5, 5.41) is 0. The van der Waals surface area contributed by atoms with Crippen LogP contribution in [0.4, 0.5) is 0 Å². The third-order valence-electron chi connectivity index (χ3n) is 4.60. The Morgan fingerprint density at radius 2 is 1.44 bits per heavy atom. The number of benzene rings is 1. The smallest absolute Gasteiger partial charge is 0.285 e. The van der Waals surface area contributed by atoms with Gasteiger partial charge in [-0.3, -0.25) is 4.79 Å². The zero-order chi connectivity index (χ0) is 19.2. The fraction of sp³-hybridized carbons (Fsp3) is 0.522. The molecule has 0 aliphatic rings. The van der Waals surface area contributed by atoms with Gasteiger partial charge in [0.2, 0.25) is 0 Å². The van der Waals surface area contributed by atoms with E-state index in [-0.39, 0.29) is 0 Å². The molecule has 1 aromatic carbocycles. The van der Waals surface area contributed by atoms with Gasteiger partial charge in [-0.05, 0) is 31.4 Å². The fourth-order valence-electron chi connectivity index (χ4n) is 3.01. The monoisotopic (exact) mass is 372 g/mol. The van der Waals surface area contributed by atoms with Crippen LogP contribution in [-0.2, 0) is 6.42 Å². The summed E-state index contributed by atoms with van der Waals surface area (Å²) in [5.41, 5.74) is 0.911. The molecule has 0 amide bonds. The Morgan fingerprint density at radius 1 is 0.852 bits per heavy atom. The van der Waals surface area contributed by atoms with E-state index in [0.717, 1.165) is 43.5 Å². The molecule has 0 saturated heterocycles. The Morgan fingerprint density at radius 3 is 2.00 bits per heavy atom. The number of carbonyl (C=O) groups is 1. The SMILES string of the molecule is CCc1cc(OCCCCCCCCCCOc2ccccc2)oc1C=O. The summed E-state index contributed by atoms with van der Waals surface area (Å²) in [7, 11) is 0. The van der Waals surface area contributed by atoms with Gasteiger partial charge in [-0.1, -0.05) is 63.6 Å². The number of aryl methyl sites for hydroxylation is 1. The lowest BCUT2D eigenvalue weighted by atomic mass is 10.1. The number of ether oxygens (including phenoxy) is 2. The van der Waals surface area contributed by atoms with Gasteiger partial charge >= 0.3 is 0 Å². The van der Waals surface area contributed by atoms with Crippen molar-refractivity contribution in [3.8, 4) is 11.7 Å². The minimum absolute atomic E-state index is 0.390. The van der Waals surface area contributed by atoms with Gasteiger partial charge in [0.15, 0.2) is 12.0 Å². The van der Waals surface area contributed by atoms with E-state index in [9.17, 15) is 4.79 Å². The topological polar surface area (TPSA) is 48.7 Å². The first-order valence-corrected chi connectivity index (χ1v) is 10.2. The van der Waals surface area contributed by atoms with Crippen LogP contribution in [0.5, 0.6) is 11.7 Å². The van der Waals surface area contributed by atoms with Crippen molar-refractivity contribution in [2.24, 2.45) is 0 Å². The molecule has 0 bridgehead atoms. The van der Waals surface area contributed by atoms with Crippen molar-refractivity contribution >= 4 is 6.29 Å². The van der Waals surface area contributed by atoms with Crippen LogP contribution < -0.4 is 9.47 Å². The van der Waals surface area contributed by atoms with Crippen molar-refractivity contribution < 1.29 is 18.7 Å². The van der Waals surface area contributed by atoms with Crippen molar-refractivity contribution in [1.29, 1.82) is 0 Å². The summed E-state index contributed by atoms with van der Waals surface area (Å²) in [4.78, 5) is 10.9. The summed E-state index contributed by atoms with van der Waals surface area (Å²) in [6, 6.07) is 11.8. The Kier molecular flexibility index (Phi) is 10.2. The highest BCUT2D eigenvalue weighted by molar-refractivity contribution is 5.73. The predicted octanol–water partition coefficient (Wildman–Crippen LogP) is 6.23. The molecular formula is C23H32O4. The van der Waals surface area contributed by atoms with Crippen LogP contribution >= 0.6 is 0 Å². The molecule has 0 fully saturated rings. The molecule has 0 aliphatic heterocycles. The standard InChI is InChI=1S/C23H32O4/c1-2-20-18-23(27-22(20)19-24)26-17-13-8-6-4-3-5-7-12-16-25-21-14-10-9-11-15-21/h9-11,14-15,18-19H,2-8,12-13,16-17H2,1H3. The molecule has 0 spiro atoms. The van der Waals surface area contributed by atoms with Crippen molar-refractivity contribution in [3.63, 3.8) is 0 Å². The van der Waals surface area contributed by atoms with E-state index in [0.29, 0.717) is 18.3 Å². The van der Waals surface area contributed by atoms with Crippen LogP contribution in [0.2, 0.25) is 0 Å².